The molecule has 0 saturated carbocycles. The molecule has 1 amide bonds. The van der Waals surface area contributed by atoms with E-state index in [9.17, 15) is 14.7 Å². The number of benzene rings is 2. The van der Waals surface area contributed by atoms with Crippen molar-refractivity contribution in [2.45, 2.75) is 25.3 Å². The van der Waals surface area contributed by atoms with E-state index in [1.807, 2.05) is 30.3 Å². The number of aliphatic carboxylic acids is 1. The summed E-state index contributed by atoms with van der Waals surface area (Å²) in [5, 5.41) is 20.9. The van der Waals surface area contributed by atoms with Gasteiger partial charge in [-0.15, -0.1) is 0 Å². The molecule has 0 aliphatic carbocycles. The predicted octanol–water partition coefficient (Wildman–Crippen LogP) is 2.36. The molecule has 25 heavy (non-hydrogen) atoms. The lowest BCUT2D eigenvalue weighted by Gasteiger charge is -2.18. The Morgan fingerprint density at radius 2 is 1.72 bits per heavy atom. The lowest BCUT2D eigenvalue weighted by Crippen LogP contribution is -2.39. The Hall–Kier alpha value is -3.02. The number of hydrogen-bond acceptors (Lipinski definition) is 4. The van der Waals surface area contributed by atoms with E-state index in [1.54, 1.807) is 12.1 Å². The maximum atomic E-state index is 12.1. The van der Waals surface area contributed by atoms with Crippen LogP contribution in [0.2, 0.25) is 0 Å². The Balaban J connectivity index is 1.88. The third-order valence-corrected chi connectivity index (χ3v) is 3.60. The van der Waals surface area contributed by atoms with Crippen LogP contribution >= 0.6 is 0 Å². The topological polar surface area (TPSA) is 95.9 Å². The van der Waals surface area contributed by atoms with E-state index in [0.29, 0.717) is 18.6 Å². The molecule has 1 unspecified atom stereocenters. The highest BCUT2D eigenvalue weighted by molar-refractivity contribution is 5.78. The standard InChI is InChI=1S/C19H21NO5/c21-16-7-9-17(10-8-16)25-13-18(22)20-15(6-11-19(23)24)12-14-4-2-1-3-5-14/h1-5,7-10,15,21H,6,11-13H2,(H,20,22)(H,23,24). The molecule has 0 saturated heterocycles. The van der Waals surface area contributed by atoms with Crippen LogP contribution in [0.3, 0.4) is 0 Å². The molecule has 6 nitrogen and oxygen atoms in total. The number of aromatic hydroxyl groups is 1. The first-order valence-electron chi connectivity index (χ1n) is 8.00. The number of carboxylic acids is 1. The molecular weight excluding hydrogens is 322 g/mol. The summed E-state index contributed by atoms with van der Waals surface area (Å²) in [7, 11) is 0. The lowest BCUT2D eigenvalue weighted by molar-refractivity contribution is -0.137. The first-order chi connectivity index (χ1) is 12.0. The number of rotatable bonds is 9. The Kier molecular flexibility index (Phi) is 6.83. The summed E-state index contributed by atoms with van der Waals surface area (Å²) >= 11 is 0. The van der Waals surface area contributed by atoms with Gasteiger partial charge in [0.2, 0.25) is 0 Å². The smallest absolute Gasteiger partial charge is 0.303 e. The van der Waals surface area contributed by atoms with Gasteiger partial charge in [0.15, 0.2) is 6.61 Å². The fraction of sp³-hybridized carbons (Fsp3) is 0.263. The van der Waals surface area contributed by atoms with Gasteiger partial charge in [-0.3, -0.25) is 9.59 Å². The van der Waals surface area contributed by atoms with Crippen LogP contribution in [0.4, 0.5) is 0 Å². The maximum Gasteiger partial charge on any atom is 0.303 e. The molecule has 0 fully saturated rings. The summed E-state index contributed by atoms with van der Waals surface area (Å²) in [4.78, 5) is 22.9. The summed E-state index contributed by atoms with van der Waals surface area (Å²) in [6, 6.07) is 15.4. The summed E-state index contributed by atoms with van der Waals surface area (Å²) in [5.41, 5.74) is 1.03. The fourth-order valence-electron chi connectivity index (χ4n) is 2.38. The van der Waals surface area contributed by atoms with Gasteiger partial charge in [0.25, 0.3) is 5.91 Å². The normalized spacial score (nSPS) is 11.5. The zero-order valence-corrected chi connectivity index (χ0v) is 13.7. The third kappa shape index (κ3) is 6.95. The molecule has 0 radical (unpaired) electrons. The van der Waals surface area contributed by atoms with Crippen LogP contribution in [-0.4, -0.2) is 34.7 Å². The number of phenols is 1. The van der Waals surface area contributed by atoms with E-state index in [4.69, 9.17) is 9.84 Å². The molecule has 6 heteroatoms. The molecule has 0 heterocycles. The van der Waals surface area contributed by atoms with Gasteiger partial charge in [-0.2, -0.15) is 0 Å². The second-order valence-corrected chi connectivity index (χ2v) is 5.67. The average molecular weight is 343 g/mol. The molecule has 1 atom stereocenters. The van der Waals surface area contributed by atoms with Crippen LogP contribution in [0.1, 0.15) is 18.4 Å². The highest BCUT2D eigenvalue weighted by Gasteiger charge is 2.15. The molecule has 2 rings (SSSR count). The maximum absolute atomic E-state index is 12.1. The highest BCUT2D eigenvalue weighted by Crippen LogP contribution is 2.15. The summed E-state index contributed by atoms with van der Waals surface area (Å²) in [5.74, 6) is -0.626. The molecule has 0 aromatic heterocycles. The van der Waals surface area contributed by atoms with Crippen molar-refractivity contribution in [1.29, 1.82) is 0 Å². The van der Waals surface area contributed by atoms with Gasteiger partial charge in [-0.25, -0.2) is 0 Å². The minimum Gasteiger partial charge on any atom is -0.508 e. The van der Waals surface area contributed by atoms with E-state index in [1.165, 1.54) is 12.1 Å². The quantitative estimate of drug-likeness (QED) is 0.649. The van der Waals surface area contributed by atoms with Gasteiger partial charge in [0, 0.05) is 12.5 Å². The van der Waals surface area contributed by atoms with E-state index in [-0.39, 0.29) is 30.7 Å². The molecule has 0 bridgehead atoms. The average Bonchev–Trinajstić information content (AvgIpc) is 2.60. The second kappa shape index (κ2) is 9.32. The van der Waals surface area contributed by atoms with Crippen molar-refractivity contribution in [3.63, 3.8) is 0 Å². The number of ether oxygens (including phenoxy) is 1. The molecule has 3 N–H and O–H groups in total. The molecule has 0 spiro atoms. The zero-order valence-electron chi connectivity index (χ0n) is 13.7. The van der Waals surface area contributed by atoms with Crippen LogP contribution in [-0.2, 0) is 16.0 Å². The van der Waals surface area contributed by atoms with Crippen molar-refractivity contribution in [3.8, 4) is 11.5 Å². The Morgan fingerprint density at radius 3 is 2.36 bits per heavy atom. The first-order valence-corrected chi connectivity index (χ1v) is 8.00. The SMILES string of the molecule is O=C(O)CCC(Cc1ccccc1)NC(=O)COc1ccc(O)cc1. The fourth-order valence-corrected chi connectivity index (χ4v) is 2.38. The van der Waals surface area contributed by atoms with Crippen LogP contribution in [0.5, 0.6) is 11.5 Å². The molecule has 0 aliphatic heterocycles. The van der Waals surface area contributed by atoms with Gasteiger partial charge >= 0.3 is 5.97 Å². The third-order valence-electron chi connectivity index (χ3n) is 3.60. The van der Waals surface area contributed by atoms with E-state index in [0.717, 1.165) is 5.56 Å². The van der Waals surface area contributed by atoms with Crippen molar-refractivity contribution >= 4 is 11.9 Å². The first kappa shape index (κ1) is 18.3. The van der Waals surface area contributed by atoms with Crippen molar-refractivity contribution < 1.29 is 24.5 Å². The largest absolute Gasteiger partial charge is 0.508 e. The molecule has 0 aliphatic rings. The monoisotopic (exact) mass is 343 g/mol. The number of nitrogens with one attached hydrogen (secondary N) is 1. The number of hydrogen-bond donors (Lipinski definition) is 3. The number of amides is 1. The Morgan fingerprint density at radius 1 is 1.04 bits per heavy atom. The Labute approximate surface area is 146 Å². The van der Waals surface area contributed by atoms with E-state index >= 15 is 0 Å². The predicted molar refractivity (Wildman–Crippen MR) is 92.5 cm³/mol. The van der Waals surface area contributed by atoms with Gasteiger partial charge < -0.3 is 20.3 Å². The second-order valence-electron chi connectivity index (χ2n) is 5.67. The van der Waals surface area contributed by atoms with Gasteiger partial charge in [0.05, 0.1) is 0 Å². The molecule has 2 aromatic rings. The van der Waals surface area contributed by atoms with Gasteiger partial charge in [-0.1, -0.05) is 30.3 Å². The van der Waals surface area contributed by atoms with Crippen LogP contribution < -0.4 is 10.1 Å². The van der Waals surface area contributed by atoms with Crippen molar-refractivity contribution in [1.82, 2.24) is 5.32 Å². The Bertz CT molecular complexity index is 685. The zero-order chi connectivity index (χ0) is 18.1. The number of phenolic OH excluding ortho intramolecular Hbond substituents is 1. The van der Waals surface area contributed by atoms with E-state index < -0.39 is 5.97 Å². The molecule has 2 aromatic carbocycles. The number of carbonyl (C=O) groups is 2. The molecular formula is C19H21NO5. The minimum absolute atomic E-state index is 0.0173. The molecule has 132 valence electrons. The van der Waals surface area contributed by atoms with Gasteiger partial charge in [-0.05, 0) is 42.7 Å². The highest BCUT2D eigenvalue weighted by atomic mass is 16.5. The number of carbonyl (C=O) groups excluding carboxylic acids is 1. The van der Waals surface area contributed by atoms with Crippen LogP contribution in [0, 0.1) is 0 Å². The lowest BCUT2D eigenvalue weighted by atomic mass is 10.0. The van der Waals surface area contributed by atoms with Crippen molar-refractivity contribution in [2.75, 3.05) is 6.61 Å². The van der Waals surface area contributed by atoms with Crippen molar-refractivity contribution in [2.24, 2.45) is 0 Å². The van der Waals surface area contributed by atoms with Crippen molar-refractivity contribution in [3.05, 3.63) is 60.2 Å². The number of carboxylic acid groups (broad SMARTS) is 1. The van der Waals surface area contributed by atoms with Crippen LogP contribution in [0.15, 0.2) is 54.6 Å². The van der Waals surface area contributed by atoms with E-state index in [2.05, 4.69) is 5.32 Å². The summed E-state index contributed by atoms with van der Waals surface area (Å²) < 4.78 is 5.36. The van der Waals surface area contributed by atoms with Crippen LogP contribution in [0.25, 0.3) is 0 Å². The summed E-state index contributed by atoms with van der Waals surface area (Å²) in [6.07, 6.45) is 0.880. The van der Waals surface area contributed by atoms with Gasteiger partial charge in [0.1, 0.15) is 11.5 Å². The minimum atomic E-state index is -0.896. The summed E-state index contributed by atoms with van der Waals surface area (Å²) in [6.45, 7) is -0.177.